The molecular weight excluding hydrogens is 270 g/mol. The van der Waals surface area contributed by atoms with Crippen LogP contribution in [0.5, 0.6) is 0 Å². The van der Waals surface area contributed by atoms with E-state index in [0.29, 0.717) is 18.7 Å². The van der Waals surface area contributed by atoms with Gasteiger partial charge in [0.25, 0.3) is 0 Å². The number of piperazine rings is 1. The third kappa shape index (κ3) is 2.80. The number of aromatic nitrogens is 1. The molecule has 6 nitrogen and oxygen atoms in total. The molecule has 2 heterocycles. The highest BCUT2D eigenvalue weighted by Gasteiger charge is 2.46. The number of nitrogens with zero attached hydrogens (tertiary/aromatic N) is 2. The Balaban J connectivity index is 2.27. The standard InChI is InChI=1S/C15H23N3O3/c1-5-10-8-16-12(21-10)9-18-11(6-2)13(19)17-15(4,7-3)14(18)20/h8,11H,5-7,9H2,1-4H3,(H,17,19). The largest absolute Gasteiger partial charge is 0.444 e. The van der Waals surface area contributed by atoms with Crippen molar-refractivity contribution in [1.82, 2.24) is 15.2 Å². The number of nitrogens with one attached hydrogen (secondary N) is 1. The van der Waals surface area contributed by atoms with Crippen LogP contribution in [0.3, 0.4) is 0 Å². The Morgan fingerprint density at radius 3 is 2.62 bits per heavy atom. The summed E-state index contributed by atoms with van der Waals surface area (Å²) in [4.78, 5) is 30.7. The summed E-state index contributed by atoms with van der Waals surface area (Å²) in [5, 5.41) is 2.84. The van der Waals surface area contributed by atoms with Crippen molar-refractivity contribution >= 4 is 11.8 Å². The Kier molecular flexibility index (Phi) is 4.34. The predicted molar refractivity (Wildman–Crippen MR) is 77.3 cm³/mol. The lowest BCUT2D eigenvalue weighted by Crippen LogP contribution is -2.68. The Morgan fingerprint density at radius 1 is 1.38 bits per heavy atom. The summed E-state index contributed by atoms with van der Waals surface area (Å²) in [7, 11) is 0. The average Bonchev–Trinajstić information content (AvgIpc) is 2.92. The van der Waals surface area contributed by atoms with Gasteiger partial charge < -0.3 is 14.6 Å². The van der Waals surface area contributed by atoms with Crippen LogP contribution in [0.2, 0.25) is 0 Å². The third-order valence-corrected chi connectivity index (χ3v) is 4.16. The van der Waals surface area contributed by atoms with Crippen LogP contribution in [0.4, 0.5) is 0 Å². The van der Waals surface area contributed by atoms with Crippen LogP contribution in [0, 0.1) is 0 Å². The summed E-state index contributed by atoms with van der Waals surface area (Å²) in [5.41, 5.74) is -0.844. The van der Waals surface area contributed by atoms with E-state index in [4.69, 9.17) is 4.42 Å². The number of carbonyl (C=O) groups is 2. The minimum absolute atomic E-state index is 0.0762. The van der Waals surface area contributed by atoms with Crippen LogP contribution in [-0.2, 0) is 22.6 Å². The first-order chi connectivity index (χ1) is 9.95. The van der Waals surface area contributed by atoms with Gasteiger partial charge in [-0.1, -0.05) is 20.8 Å². The van der Waals surface area contributed by atoms with Gasteiger partial charge in [-0.05, 0) is 19.8 Å². The first kappa shape index (κ1) is 15.5. The monoisotopic (exact) mass is 293 g/mol. The number of rotatable bonds is 5. The molecule has 21 heavy (non-hydrogen) atoms. The smallest absolute Gasteiger partial charge is 0.249 e. The van der Waals surface area contributed by atoms with Crippen molar-refractivity contribution in [2.75, 3.05) is 0 Å². The number of carbonyl (C=O) groups excluding carboxylic acids is 2. The molecule has 2 unspecified atom stereocenters. The van der Waals surface area contributed by atoms with Gasteiger partial charge in [-0.25, -0.2) is 4.98 Å². The van der Waals surface area contributed by atoms with Crippen LogP contribution in [0.25, 0.3) is 0 Å². The lowest BCUT2D eigenvalue weighted by atomic mass is 9.91. The number of hydrogen-bond acceptors (Lipinski definition) is 4. The second-order valence-corrected chi connectivity index (χ2v) is 5.61. The Morgan fingerprint density at radius 2 is 2.10 bits per heavy atom. The maximum absolute atomic E-state index is 12.7. The zero-order valence-electron chi connectivity index (χ0n) is 13.1. The molecule has 6 heteroatoms. The van der Waals surface area contributed by atoms with Gasteiger partial charge in [0.1, 0.15) is 17.3 Å². The van der Waals surface area contributed by atoms with Gasteiger partial charge in [0.2, 0.25) is 17.7 Å². The number of hydrogen-bond donors (Lipinski definition) is 1. The van der Waals surface area contributed by atoms with E-state index >= 15 is 0 Å². The molecule has 1 aliphatic heterocycles. The summed E-state index contributed by atoms with van der Waals surface area (Å²) in [6, 6.07) is -0.464. The van der Waals surface area contributed by atoms with E-state index in [-0.39, 0.29) is 18.4 Å². The van der Waals surface area contributed by atoms with Crippen molar-refractivity contribution in [3.05, 3.63) is 17.8 Å². The molecule has 1 N–H and O–H groups in total. The first-order valence-corrected chi connectivity index (χ1v) is 7.51. The van der Waals surface area contributed by atoms with E-state index in [2.05, 4.69) is 10.3 Å². The molecule has 1 saturated heterocycles. The molecule has 0 aliphatic carbocycles. The molecule has 2 atom stereocenters. The van der Waals surface area contributed by atoms with Crippen molar-refractivity contribution in [3.8, 4) is 0 Å². The Labute approximate surface area is 124 Å². The van der Waals surface area contributed by atoms with Gasteiger partial charge in [-0.2, -0.15) is 0 Å². The SMILES string of the molecule is CCc1cnc(CN2C(=O)C(C)(CC)NC(=O)C2CC)o1. The number of oxazole rings is 1. The highest BCUT2D eigenvalue weighted by Crippen LogP contribution is 2.24. The molecule has 0 spiro atoms. The maximum atomic E-state index is 12.7. The zero-order chi connectivity index (χ0) is 15.6. The fraction of sp³-hybridized carbons (Fsp3) is 0.667. The van der Waals surface area contributed by atoms with E-state index in [1.807, 2.05) is 20.8 Å². The van der Waals surface area contributed by atoms with Crippen LogP contribution in [0.1, 0.15) is 52.2 Å². The fourth-order valence-corrected chi connectivity index (χ4v) is 2.57. The fourth-order valence-electron chi connectivity index (χ4n) is 2.57. The molecule has 0 radical (unpaired) electrons. The normalized spacial score (nSPS) is 26.1. The third-order valence-electron chi connectivity index (χ3n) is 4.16. The summed E-state index contributed by atoms with van der Waals surface area (Å²) in [6.45, 7) is 7.77. The number of aryl methyl sites for hydroxylation is 1. The minimum Gasteiger partial charge on any atom is -0.444 e. The van der Waals surface area contributed by atoms with Crippen LogP contribution < -0.4 is 5.32 Å². The van der Waals surface area contributed by atoms with Gasteiger partial charge in [-0.15, -0.1) is 0 Å². The highest BCUT2D eigenvalue weighted by molar-refractivity contribution is 5.99. The molecule has 1 fully saturated rings. The summed E-state index contributed by atoms with van der Waals surface area (Å²) < 4.78 is 5.58. The lowest BCUT2D eigenvalue weighted by molar-refractivity contribution is -0.155. The van der Waals surface area contributed by atoms with Gasteiger partial charge in [0, 0.05) is 6.42 Å². The second kappa shape index (κ2) is 5.87. The summed E-state index contributed by atoms with van der Waals surface area (Å²) in [5.74, 6) is 1.08. The van der Waals surface area contributed by atoms with Crippen LogP contribution in [0.15, 0.2) is 10.6 Å². The van der Waals surface area contributed by atoms with Crippen molar-refractivity contribution in [3.63, 3.8) is 0 Å². The van der Waals surface area contributed by atoms with Crippen molar-refractivity contribution in [1.29, 1.82) is 0 Å². The van der Waals surface area contributed by atoms with Gasteiger partial charge in [0.05, 0.1) is 12.7 Å². The van der Waals surface area contributed by atoms with Crippen molar-refractivity contribution in [2.45, 2.75) is 65.1 Å². The highest BCUT2D eigenvalue weighted by atomic mass is 16.4. The van der Waals surface area contributed by atoms with Crippen molar-refractivity contribution < 1.29 is 14.0 Å². The van der Waals surface area contributed by atoms with Crippen LogP contribution >= 0.6 is 0 Å². The molecule has 1 aromatic rings. The lowest BCUT2D eigenvalue weighted by Gasteiger charge is -2.43. The Hall–Kier alpha value is -1.85. The number of amides is 2. The van der Waals surface area contributed by atoms with E-state index in [9.17, 15) is 9.59 Å². The molecule has 0 saturated carbocycles. The van der Waals surface area contributed by atoms with E-state index in [0.717, 1.165) is 12.2 Å². The molecular formula is C15H23N3O3. The van der Waals surface area contributed by atoms with Crippen LogP contribution in [-0.4, -0.2) is 33.3 Å². The minimum atomic E-state index is -0.844. The molecule has 0 aromatic carbocycles. The zero-order valence-corrected chi connectivity index (χ0v) is 13.1. The average molecular weight is 293 g/mol. The molecule has 2 amide bonds. The van der Waals surface area contributed by atoms with E-state index < -0.39 is 11.6 Å². The molecule has 1 aromatic heterocycles. The molecule has 0 bridgehead atoms. The van der Waals surface area contributed by atoms with Crippen molar-refractivity contribution in [2.24, 2.45) is 0 Å². The summed E-state index contributed by atoms with van der Waals surface area (Å²) in [6.07, 6.45) is 3.55. The van der Waals surface area contributed by atoms with Gasteiger partial charge >= 0.3 is 0 Å². The molecule has 2 rings (SSSR count). The quantitative estimate of drug-likeness (QED) is 0.895. The van der Waals surface area contributed by atoms with Gasteiger partial charge in [-0.3, -0.25) is 9.59 Å². The van der Waals surface area contributed by atoms with E-state index in [1.54, 1.807) is 18.0 Å². The topological polar surface area (TPSA) is 75.4 Å². The molecule has 116 valence electrons. The summed E-state index contributed by atoms with van der Waals surface area (Å²) >= 11 is 0. The van der Waals surface area contributed by atoms with Gasteiger partial charge in [0.15, 0.2) is 0 Å². The predicted octanol–water partition coefficient (Wildman–Crippen LogP) is 1.64. The maximum Gasteiger partial charge on any atom is 0.249 e. The molecule has 1 aliphatic rings. The Bertz CT molecular complexity index is 540. The first-order valence-electron chi connectivity index (χ1n) is 7.51. The second-order valence-electron chi connectivity index (χ2n) is 5.61. The van der Waals surface area contributed by atoms with E-state index in [1.165, 1.54) is 0 Å².